The second-order valence-electron chi connectivity index (χ2n) is 10.3. The molecule has 2 saturated heterocycles. The van der Waals surface area contributed by atoms with Crippen LogP contribution in [-0.2, 0) is 14.0 Å². The van der Waals surface area contributed by atoms with Gasteiger partial charge in [0.15, 0.2) is 0 Å². The van der Waals surface area contributed by atoms with Gasteiger partial charge in [-0.2, -0.15) is 0 Å². The summed E-state index contributed by atoms with van der Waals surface area (Å²) in [7, 11) is -0.0838. The quantitative estimate of drug-likeness (QED) is 0.663. The highest BCUT2D eigenvalue weighted by Crippen LogP contribution is 2.59. The van der Waals surface area contributed by atoms with Gasteiger partial charge in [0.25, 0.3) is 0 Å². The minimum absolute atomic E-state index is 0.0838. The van der Waals surface area contributed by atoms with E-state index in [2.05, 4.69) is 27.7 Å². The highest BCUT2D eigenvalue weighted by molar-refractivity contribution is 6.47. The van der Waals surface area contributed by atoms with Crippen LogP contribution in [0.1, 0.15) is 74.1 Å². The number of amides is 1. The van der Waals surface area contributed by atoms with Crippen LogP contribution in [0.3, 0.4) is 0 Å². The molecule has 1 saturated carbocycles. The van der Waals surface area contributed by atoms with Crippen molar-refractivity contribution >= 4 is 13.2 Å². The molecule has 0 aromatic rings. The standard InChI is InChI=1S/C19H34BNO4/c1-16(2,3)23-15(22)21-10-8-19(9-11-21)12-14(13-19)20-24-17(4,5)18(6,7)25-20/h14H,8-13H2,1-7H3. The molecule has 3 rings (SSSR count). The van der Waals surface area contributed by atoms with Crippen molar-refractivity contribution in [3.63, 3.8) is 0 Å². The Bertz CT molecular complexity index is 508. The average molecular weight is 351 g/mol. The van der Waals surface area contributed by atoms with Crippen LogP contribution < -0.4 is 0 Å². The van der Waals surface area contributed by atoms with Crippen LogP contribution in [0.4, 0.5) is 4.79 Å². The van der Waals surface area contributed by atoms with Gasteiger partial charge in [-0.15, -0.1) is 0 Å². The summed E-state index contributed by atoms with van der Waals surface area (Å²) in [6.07, 6.45) is 4.23. The van der Waals surface area contributed by atoms with E-state index in [4.69, 9.17) is 14.0 Å². The number of piperidine rings is 1. The van der Waals surface area contributed by atoms with Gasteiger partial charge in [-0.25, -0.2) is 4.79 Å². The molecule has 0 aromatic heterocycles. The number of carbonyl (C=O) groups is 1. The molecule has 2 heterocycles. The Morgan fingerprint density at radius 2 is 1.52 bits per heavy atom. The second kappa shape index (κ2) is 5.88. The normalized spacial score (nSPS) is 28.1. The molecule has 0 atom stereocenters. The minimum atomic E-state index is -0.426. The maximum atomic E-state index is 12.2. The molecule has 3 fully saturated rings. The lowest BCUT2D eigenvalue weighted by Crippen LogP contribution is -2.51. The molecule has 5 nitrogen and oxygen atoms in total. The molecule has 25 heavy (non-hydrogen) atoms. The Balaban J connectivity index is 1.49. The van der Waals surface area contributed by atoms with E-state index in [0.29, 0.717) is 11.2 Å². The van der Waals surface area contributed by atoms with Gasteiger partial charge < -0.3 is 18.9 Å². The van der Waals surface area contributed by atoms with Crippen LogP contribution in [-0.4, -0.2) is 48.0 Å². The van der Waals surface area contributed by atoms with Gasteiger partial charge in [-0.1, -0.05) is 0 Å². The molecule has 2 aliphatic heterocycles. The maximum Gasteiger partial charge on any atom is 0.461 e. The van der Waals surface area contributed by atoms with E-state index in [1.807, 2.05) is 25.7 Å². The number of hydrogen-bond acceptors (Lipinski definition) is 4. The van der Waals surface area contributed by atoms with E-state index in [1.54, 1.807) is 0 Å². The molecule has 0 aromatic carbocycles. The molecule has 0 N–H and O–H groups in total. The maximum absolute atomic E-state index is 12.2. The van der Waals surface area contributed by atoms with Gasteiger partial charge in [0.1, 0.15) is 5.60 Å². The van der Waals surface area contributed by atoms with Crippen molar-refractivity contribution in [1.29, 1.82) is 0 Å². The van der Waals surface area contributed by atoms with Gasteiger partial charge in [-0.3, -0.25) is 0 Å². The van der Waals surface area contributed by atoms with Crippen molar-refractivity contribution in [3.8, 4) is 0 Å². The van der Waals surface area contributed by atoms with Crippen LogP contribution in [0.5, 0.6) is 0 Å². The third-order valence-electron chi connectivity index (χ3n) is 6.52. The Labute approximate surface area is 152 Å². The molecule has 142 valence electrons. The fourth-order valence-corrected chi connectivity index (χ4v) is 4.22. The number of likely N-dealkylation sites (tertiary alicyclic amines) is 1. The first-order valence-corrected chi connectivity index (χ1v) is 9.66. The summed E-state index contributed by atoms with van der Waals surface area (Å²) < 4.78 is 17.9. The Morgan fingerprint density at radius 3 is 1.96 bits per heavy atom. The van der Waals surface area contributed by atoms with Crippen LogP contribution in [0.15, 0.2) is 0 Å². The minimum Gasteiger partial charge on any atom is -0.444 e. The molecular formula is C19H34BNO4. The number of hydrogen-bond donors (Lipinski definition) is 0. The van der Waals surface area contributed by atoms with Crippen molar-refractivity contribution in [1.82, 2.24) is 4.90 Å². The van der Waals surface area contributed by atoms with Gasteiger partial charge in [-0.05, 0) is 85.4 Å². The SMILES string of the molecule is CC(C)(C)OC(=O)N1CCC2(CC1)CC(B1OC(C)(C)C(C)(C)O1)C2. The largest absolute Gasteiger partial charge is 0.461 e. The average Bonchev–Trinajstić information content (AvgIpc) is 2.62. The summed E-state index contributed by atoms with van der Waals surface area (Å²) in [6.45, 7) is 15.8. The summed E-state index contributed by atoms with van der Waals surface area (Å²) >= 11 is 0. The predicted molar refractivity (Wildman–Crippen MR) is 98.5 cm³/mol. The number of ether oxygens (including phenoxy) is 1. The van der Waals surface area contributed by atoms with Crippen molar-refractivity contribution < 1.29 is 18.8 Å². The van der Waals surface area contributed by atoms with E-state index in [9.17, 15) is 4.79 Å². The molecule has 0 unspecified atom stereocenters. The summed E-state index contributed by atoms with van der Waals surface area (Å²) in [6, 6.07) is 0. The molecule has 0 bridgehead atoms. The molecule has 1 amide bonds. The third kappa shape index (κ3) is 3.70. The number of nitrogens with zero attached hydrogens (tertiary/aromatic N) is 1. The Kier molecular flexibility index (Phi) is 4.48. The van der Waals surface area contributed by atoms with Crippen LogP contribution in [0.2, 0.25) is 5.82 Å². The fourth-order valence-electron chi connectivity index (χ4n) is 4.22. The molecular weight excluding hydrogens is 317 g/mol. The first-order chi connectivity index (χ1) is 11.3. The molecule has 3 aliphatic rings. The van der Waals surface area contributed by atoms with E-state index in [0.717, 1.165) is 38.8 Å². The van der Waals surface area contributed by atoms with Crippen LogP contribution in [0.25, 0.3) is 0 Å². The van der Waals surface area contributed by atoms with Gasteiger partial charge in [0.2, 0.25) is 0 Å². The second-order valence-corrected chi connectivity index (χ2v) is 10.3. The van der Waals surface area contributed by atoms with E-state index in [-0.39, 0.29) is 24.4 Å². The monoisotopic (exact) mass is 351 g/mol. The zero-order valence-corrected chi connectivity index (χ0v) is 17.0. The first kappa shape index (κ1) is 19.0. The van der Waals surface area contributed by atoms with Crippen molar-refractivity contribution in [2.45, 2.75) is 96.8 Å². The van der Waals surface area contributed by atoms with E-state index >= 15 is 0 Å². The Hall–Kier alpha value is -0.745. The van der Waals surface area contributed by atoms with E-state index < -0.39 is 5.60 Å². The lowest BCUT2D eigenvalue weighted by atomic mass is 9.47. The zero-order valence-electron chi connectivity index (χ0n) is 17.0. The lowest BCUT2D eigenvalue weighted by molar-refractivity contribution is -0.00865. The van der Waals surface area contributed by atoms with Crippen LogP contribution in [0, 0.1) is 5.41 Å². The number of rotatable bonds is 1. The van der Waals surface area contributed by atoms with Crippen LogP contribution >= 0.6 is 0 Å². The molecule has 6 heteroatoms. The lowest BCUT2D eigenvalue weighted by Gasteiger charge is -2.52. The topological polar surface area (TPSA) is 48.0 Å². The zero-order chi connectivity index (χ0) is 18.7. The Morgan fingerprint density at radius 1 is 1.04 bits per heavy atom. The molecule has 1 aliphatic carbocycles. The van der Waals surface area contributed by atoms with E-state index in [1.165, 1.54) is 0 Å². The molecule has 0 radical (unpaired) electrons. The van der Waals surface area contributed by atoms with Gasteiger partial charge >= 0.3 is 13.2 Å². The van der Waals surface area contributed by atoms with Crippen molar-refractivity contribution in [3.05, 3.63) is 0 Å². The smallest absolute Gasteiger partial charge is 0.444 e. The highest BCUT2D eigenvalue weighted by Gasteiger charge is 2.59. The third-order valence-corrected chi connectivity index (χ3v) is 6.52. The summed E-state index contributed by atoms with van der Waals surface area (Å²) in [5.74, 6) is 0.481. The van der Waals surface area contributed by atoms with Gasteiger partial charge in [0, 0.05) is 13.1 Å². The summed E-state index contributed by atoms with van der Waals surface area (Å²) in [5, 5.41) is 0. The van der Waals surface area contributed by atoms with Gasteiger partial charge in [0.05, 0.1) is 11.2 Å². The number of carbonyl (C=O) groups excluding carboxylic acids is 1. The molecule has 1 spiro atoms. The fraction of sp³-hybridized carbons (Fsp3) is 0.947. The van der Waals surface area contributed by atoms with Crippen molar-refractivity contribution in [2.75, 3.05) is 13.1 Å². The summed E-state index contributed by atoms with van der Waals surface area (Å²) in [5.41, 5.74) is -0.557. The summed E-state index contributed by atoms with van der Waals surface area (Å²) in [4.78, 5) is 14.1. The first-order valence-electron chi connectivity index (χ1n) is 9.66. The van der Waals surface area contributed by atoms with Crippen molar-refractivity contribution in [2.24, 2.45) is 5.41 Å². The predicted octanol–water partition coefficient (Wildman–Crippen LogP) is 4.26. The highest BCUT2D eigenvalue weighted by atomic mass is 16.7.